The second-order valence-electron chi connectivity index (χ2n) is 5.24. The standard InChI is InChI=1S/C13H28N2O/c1-5-13-11-14(10-12(2)3)6-7-15(13)8-9-16-4/h12-13H,5-11H2,1-4H3/t13-/m0/s1. The van der Waals surface area contributed by atoms with Crippen LogP contribution in [0.15, 0.2) is 0 Å². The highest BCUT2D eigenvalue weighted by atomic mass is 16.5. The van der Waals surface area contributed by atoms with Gasteiger partial charge in [0, 0.05) is 45.9 Å². The summed E-state index contributed by atoms with van der Waals surface area (Å²) >= 11 is 0. The molecule has 0 saturated carbocycles. The van der Waals surface area contributed by atoms with E-state index in [1.807, 2.05) is 0 Å². The number of hydrogen-bond donors (Lipinski definition) is 0. The Balaban J connectivity index is 2.37. The fourth-order valence-corrected chi connectivity index (χ4v) is 2.53. The van der Waals surface area contributed by atoms with Crippen LogP contribution in [0.5, 0.6) is 0 Å². The van der Waals surface area contributed by atoms with Gasteiger partial charge in [0.15, 0.2) is 0 Å². The molecule has 0 aromatic heterocycles. The van der Waals surface area contributed by atoms with Crippen LogP contribution in [-0.4, -0.2) is 62.3 Å². The molecule has 96 valence electrons. The Labute approximate surface area is 101 Å². The Bertz CT molecular complexity index is 185. The van der Waals surface area contributed by atoms with Gasteiger partial charge in [-0.05, 0) is 12.3 Å². The Morgan fingerprint density at radius 2 is 2.06 bits per heavy atom. The lowest BCUT2D eigenvalue weighted by Gasteiger charge is -2.41. The van der Waals surface area contributed by atoms with Crippen molar-refractivity contribution >= 4 is 0 Å². The highest BCUT2D eigenvalue weighted by Crippen LogP contribution is 2.13. The molecule has 1 saturated heterocycles. The first kappa shape index (κ1) is 13.9. The van der Waals surface area contributed by atoms with Crippen molar-refractivity contribution in [2.24, 2.45) is 5.92 Å². The Kier molecular flexibility index (Phi) is 6.32. The van der Waals surface area contributed by atoms with Gasteiger partial charge in [-0.2, -0.15) is 0 Å². The van der Waals surface area contributed by atoms with E-state index in [0.29, 0.717) is 0 Å². The number of hydrogen-bond acceptors (Lipinski definition) is 3. The first-order valence-corrected chi connectivity index (χ1v) is 6.62. The SMILES string of the molecule is CC[C@H]1CN(CC(C)C)CCN1CCOC. The van der Waals surface area contributed by atoms with Gasteiger partial charge >= 0.3 is 0 Å². The van der Waals surface area contributed by atoms with Crippen LogP contribution in [0.2, 0.25) is 0 Å². The van der Waals surface area contributed by atoms with Crippen LogP contribution in [0.1, 0.15) is 27.2 Å². The van der Waals surface area contributed by atoms with Crippen molar-refractivity contribution in [1.29, 1.82) is 0 Å². The molecular weight excluding hydrogens is 200 g/mol. The van der Waals surface area contributed by atoms with Crippen molar-refractivity contribution < 1.29 is 4.74 Å². The van der Waals surface area contributed by atoms with Gasteiger partial charge in [-0.25, -0.2) is 0 Å². The molecule has 3 nitrogen and oxygen atoms in total. The summed E-state index contributed by atoms with van der Waals surface area (Å²) in [5.41, 5.74) is 0. The van der Waals surface area contributed by atoms with Gasteiger partial charge in [0.25, 0.3) is 0 Å². The van der Waals surface area contributed by atoms with E-state index in [2.05, 4.69) is 30.6 Å². The van der Waals surface area contributed by atoms with Crippen molar-refractivity contribution in [3.05, 3.63) is 0 Å². The minimum absolute atomic E-state index is 0.725. The maximum absolute atomic E-state index is 5.17. The number of rotatable bonds is 6. The summed E-state index contributed by atoms with van der Waals surface area (Å²) in [6.45, 7) is 13.8. The lowest BCUT2D eigenvalue weighted by molar-refractivity contribution is 0.0452. The fourth-order valence-electron chi connectivity index (χ4n) is 2.53. The van der Waals surface area contributed by atoms with Crippen molar-refractivity contribution in [2.45, 2.75) is 33.2 Å². The van der Waals surface area contributed by atoms with Gasteiger partial charge in [-0.1, -0.05) is 20.8 Å². The molecule has 0 unspecified atom stereocenters. The highest BCUT2D eigenvalue weighted by molar-refractivity contribution is 4.81. The van der Waals surface area contributed by atoms with E-state index in [4.69, 9.17) is 4.74 Å². The second kappa shape index (κ2) is 7.25. The first-order valence-electron chi connectivity index (χ1n) is 6.62. The van der Waals surface area contributed by atoms with Gasteiger partial charge < -0.3 is 9.64 Å². The molecule has 1 fully saturated rings. The molecule has 0 aromatic carbocycles. The molecule has 1 aliphatic rings. The average molecular weight is 228 g/mol. The maximum Gasteiger partial charge on any atom is 0.0589 e. The lowest BCUT2D eigenvalue weighted by atomic mass is 10.1. The molecule has 1 heterocycles. The van der Waals surface area contributed by atoms with Crippen molar-refractivity contribution in [2.75, 3.05) is 46.4 Å². The third kappa shape index (κ3) is 4.40. The van der Waals surface area contributed by atoms with Crippen LogP contribution in [0.25, 0.3) is 0 Å². The molecule has 0 aromatic rings. The molecule has 1 aliphatic heterocycles. The zero-order chi connectivity index (χ0) is 12.0. The molecule has 0 radical (unpaired) electrons. The zero-order valence-electron chi connectivity index (χ0n) is 11.4. The Hall–Kier alpha value is -0.120. The summed E-state index contributed by atoms with van der Waals surface area (Å²) in [4.78, 5) is 5.20. The molecule has 0 aliphatic carbocycles. The van der Waals surface area contributed by atoms with Crippen LogP contribution in [0.3, 0.4) is 0 Å². The molecule has 1 rings (SSSR count). The van der Waals surface area contributed by atoms with Crippen LogP contribution < -0.4 is 0 Å². The van der Waals surface area contributed by atoms with E-state index in [1.165, 1.54) is 32.6 Å². The quantitative estimate of drug-likeness (QED) is 0.688. The molecule has 0 N–H and O–H groups in total. The molecule has 0 bridgehead atoms. The summed E-state index contributed by atoms with van der Waals surface area (Å²) in [6, 6.07) is 0.725. The third-order valence-electron chi connectivity index (χ3n) is 3.37. The van der Waals surface area contributed by atoms with E-state index < -0.39 is 0 Å². The van der Waals surface area contributed by atoms with Crippen LogP contribution in [0, 0.1) is 5.92 Å². The molecule has 16 heavy (non-hydrogen) atoms. The molecule has 0 spiro atoms. The van der Waals surface area contributed by atoms with Crippen LogP contribution in [0.4, 0.5) is 0 Å². The van der Waals surface area contributed by atoms with E-state index >= 15 is 0 Å². The summed E-state index contributed by atoms with van der Waals surface area (Å²) < 4.78 is 5.17. The van der Waals surface area contributed by atoms with Crippen LogP contribution >= 0.6 is 0 Å². The minimum Gasteiger partial charge on any atom is -0.383 e. The van der Waals surface area contributed by atoms with Gasteiger partial charge in [0.05, 0.1) is 6.61 Å². The molecule has 1 atom stereocenters. The fraction of sp³-hybridized carbons (Fsp3) is 1.00. The van der Waals surface area contributed by atoms with Crippen molar-refractivity contribution in [1.82, 2.24) is 9.80 Å². The monoisotopic (exact) mass is 228 g/mol. The predicted molar refractivity (Wildman–Crippen MR) is 68.8 cm³/mol. The molecule has 0 amide bonds. The van der Waals surface area contributed by atoms with E-state index in [9.17, 15) is 0 Å². The first-order chi connectivity index (χ1) is 7.67. The molecule has 3 heteroatoms. The van der Waals surface area contributed by atoms with Gasteiger partial charge in [-0.15, -0.1) is 0 Å². The second-order valence-corrected chi connectivity index (χ2v) is 5.24. The van der Waals surface area contributed by atoms with E-state index in [1.54, 1.807) is 7.11 Å². The Morgan fingerprint density at radius 3 is 2.62 bits per heavy atom. The summed E-state index contributed by atoms with van der Waals surface area (Å²) in [6.07, 6.45) is 1.25. The van der Waals surface area contributed by atoms with E-state index in [-0.39, 0.29) is 0 Å². The topological polar surface area (TPSA) is 15.7 Å². The van der Waals surface area contributed by atoms with Gasteiger partial charge in [0.1, 0.15) is 0 Å². The van der Waals surface area contributed by atoms with Gasteiger partial charge in [-0.3, -0.25) is 4.90 Å². The average Bonchev–Trinajstić information content (AvgIpc) is 2.26. The minimum atomic E-state index is 0.725. The summed E-state index contributed by atoms with van der Waals surface area (Å²) in [5, 5.41) is 0. The summed E-state index contributed by atoms with van der Waals surface area (Å²) in [5.74, 6) is 0.781. The molecular formula is C13H28N2O. The van der Waals surface area contributed by atoms with Crippen molar-refractivity contribution in [3.63, 3.8) is 0 Å². The smallest absolute Gasteiger partial charge is 0.0589 e. The highest BCUT2D eigenvalue weighted by Gasteiger charge is 2.25. The number of ether oxygens (including phenoxy) is 1. The zero-order valence-corrected chi connectivity index (χ0v) is 11.4. The van der Waals surface area contributed by atoms with Crippen LogP contribution in [-0.2, 0) is 4.74 Å². The Morgan fingerprint density at radius 1 is 1.31 bits per heavy atom. The third-order valence-corrected chi connectivity index (χ3v) is 3.37. The van der Waals surface area contributed by atoms with Crippen molar-refractivity contribution in [3.8, 4) is 0 Å². The van der Waals surface area contributed by atoms with E-state index in [0.717, 1.165) is 25.1 Å². The maximum atomic E-state index is 5.17. The number of piperazine rings is 1. The predicted octanol–water partition coefficient (Wildman–Crippen LogP) is 1.69. The summed E-state index contributed by atoms with van der Waals surface area (Å²) in [7, 11) is 1.79. The normalized spacial score (nSPS) is 24.2. The number of methoxy groups -OCH3 is 1. The largest absolute Gasteiger partial charge is 0.383 e. The lowest BCUT2D eigenvalue weighted by Crippen LogP contribution is -2.54. The number of nitrogens with zero attached hydrogens (tertiary/aromatic N) is 2. The van der Waals surface area contributed by atoms with Gasteiger partial charge in [0.2, 0.25) is 0 Å².